The highest BCUT2D eigenvalue weighted by Crippen LogP contribution is 2.19. The number of hydrogen-bond acceptors (Lipinski definition) is 3. The molecular weight excluding hydrogens is 344 g/mol. The lowest BCUT2D eigenvalue weighted by Gasteiger charge is -2.17. The Bertz CT molecular complexity index is 874. The number of rotatable bonds is 6. The van der Waals surface area contributed by atoms with Gasteiger partial charge < -0.3 is 9.72 Å². The Morgan fingerprint density at radius 2 is 2.04 bits per heavy atom. The van der Waals surface area contributed by atoms with Gasteiger partial charge in [0.1, 0.15) is 5.65 Å². The number of benzene rings is 1. The summed E-state index contributed by atoms with van der Waals surface area (Å²) in [4.78, 5) is 7.27. The van der Waals surface area contributed by atoms with Gasteiger partial charge in [0.25, 0.3) is 0 Å². The first kappa shape index (κ1) is 17.5. The highest BCUT2D eigenvalue weighted by molar-refractivity contribution is 6.30. The van der Waals surface area contributed by atoms with Gasteiger partial charge in [-0.3, -0.25) is 4.90 Å². The van der Waals surface area contributed by atoms with Crippen LogP contribution in [0, 0.1) is 0 Å². The fourth-order valence-electron chi connectivity index (χ4n) is 3.81. The fourth-order valence-corrected chi connectivity index (χ4v) is 3.97. The molecule has 0 aliphatic carbocycles. The van der Waals surface area contributed by atoms with Gasteiger partial charge in [-0.1, -0.05) is 48.9 Å². The Balaban J connectivity index is 1.40. The fraction of sp³-hybridized carbons (Fsp3) is 0.381. The van der Waals surface area contributed by atoms with Crippen molar-refractivity contribution in [2.45, 2.75) is 38.9 Å². The Hall–Kier alpha value is -1.88. The van der Waals surface area contributed by atoms with Gasteiger partial charge in [-0.25, -0.2) is 4.98 Å². The number of pyridine rings is 1. The van der Waals surface area contributed by atoms with Crippen LogP contribution in [0.15, 0.2) is 48.7 Å². The minimum atomic E-state index is 0.521. The van der Waals surface area contributed by atoms with Crippen LogP contribution in [-0.4, -0.2) is 33.4 Å². The molecule has 5 heteroatoms. The molecule has 0 spiro atoms. The number of aryl methyl sites for hydroxylation is 1. The van der Waals surface area contributed by atoms with Crippen LogP contribution in [-0.2, 0) is 19.5 Å². The summed E-state index contributed by atoms with van der Waals surface area (Å²) in [6, 6.07) is 15.1. The van der Waals surface area contributed by atoms with Crippen LogP contribution in [0.3, 0.4) is 0 Å². The molecule has 2 aromatic heterocycles. The summed E-state index contributed by atoms with van der Waals surface area (Å²) in [5.74, 6) is 0. The first-order valence-corrected chi connectivity index (χ1v) is 9.75. The van der Waals surface area contributed by atoms with Crippen LogP contribution in [0.5, 0.6) is 0 Å². The number of nitrogens with one attached hydrogen (secondary N) is 1. The summed E-state index contributed by atoms with van der Waals surface area (Å²) in [6.07, 6.45) is 4.09. The summed E-state index contributed by atoms with van der Waals surface area (Å²) in [5, 5.41) is 4.48. The standard InChI is InChI=1S/C21H25ClN4/c1-2-19-20(26-14-17(22)8-9-21(26)24-19)12-23-18-10-11-25(15-18)13-16-6-4-3-5-7-16/h3-9,14,18,23H,2,10-13,15H2,1H3. The summed E-state index contributed by atoms with van der Waals surface area (Å²) < 4.78 is 2.13. The van der Waals surface area contributed by atoms with Crippen LogP contribution < -0.4 is 5.32 Å². The molecular formula is C21H25ClN4. The largest absolute Gasteiger partial charge is 0.307 e. The molecule has 3 aromatic rings. The molecule has 1 saturated heterocycles. The van der Waals surface area contributed by atoms with Crippen molar-refractivity contribution in [1.82, 2.24) is 19.6 Å². The molecule has 136 valence electrons. The van der Waals surface area contributed by atoms with Crippen molar-refractivity contribution in [2.24, 2.45) is 0 Å². The van der Waals surface area contributed by atoms with Crippen LogP contribution in [0.1, 0.15) is 30.3 Å². The van der Waals surface area contributed by atoms with E-state index in [2.05, 4.69) is 51.9 Å². The van der Waals surface area contributed by atoms with E-state index in [0.717, 1.165) is 49.0 Å². The van der Waals surface area contributed by atoms with Gasteiger partial charge >= 0.3 is 0 Å². The van der Waals surface area contributed by atoms with Crippen LogP contribution in [0.25, 0.3) is 5.65 Å². The molecule has 4 nitrogen and oxygen atoms in total. The molecule has 1 unspecified atom stereocenters. The summed E-state index contributed by atoms with van der Waals surface area (Å²) in [7, 11) is 0. The second kappa shape index (κ2) is 7.78. The average Bonchev–Trinajstić information content (AvgIpc) is 3.24. The van der Waals surface area contributed by atoms with Gasteiger partial charge in [-0.15, -0.1) is 0 Å². The molecule has 1 aliphatic rings. The lowest BCUT2D eigenvalue weighted by molar-refractivity contribution is 0.319. The molecule has 1 N–H and O–H groups in total. The molecule has 1 fully saturated rings. The Morgan fingerprint density at radius 1 is 1.19 bits per heavy atom. The Kier molecular flexibility index (Phi) is 5.25. The molecule has 26 heavy (non-hydrogen) atoms. The number of nitrogens with zero attached hydrogens (tertiary/aromatic N) is 3. The maximum absolute atomic E-state index is 6.19. The monoisotopic (exact) mass is 368 g/mol. The number of aromatic nitrogens is 2. The van der Waals surface area contributed by atoms with Crippen LogP contribution in [0.2, 0.25) is 5.02 Å². The third-order valence-electron chi connectivity index (χ3n) is 5.18. The second-order valence-corrected chi connectivity index (χ2v) is 7.46. The van der Waals surface area contributed by atoms with E-state index >= 15 is 0 Å². The van der Waals surface area contributed by atoms with Crippen LogP contribution in [0.4, 0.5) is 0 Å². The molecule has 3 heterocycles. The number of halogens is 1. The highest BCUT2D eigenvalue weighted by Gasteiger charge is 2.22. The maximum Gasteiger partial charge on any atom is 0.137 e. The van der Waals surface area contributed by atoms with Crippen molar-refractivity contribution in [3.8, 4) is 0 Å². The van der Waals surface area contributed by atoms with Crippen molar-refractivity contribution in [1.29, 1.82) is 0 Å². The number of hydrogen-bond donors (Lipinski definition) is 1. The third kappa shape index (κ3) is 3.78. The first-order chi connectivity index (χ1) is 12.7. The highest BCUT2D eigenvalue weighted by atomic mass is 35.5. The quantitative estimate of drug-likeness (QED) is 0.715. The first-order valence-electron chi connectivity index (χ1n) is 9.38. The van der Waals surface area contributed by atoms with Crippen molar-refractivity contribution in [3.05, 3.63) is 70.6 Å². The summed E-state index contributed by atoms with van der Waals surface area (Å²) in [5.41, 5.74) is 4.74. The van der Waals surface area contributed by atoms with E-state index in [9.17, 15) is 0 Å². The minimum absolute atomic E-state index is 0.521. The Labute approximate surface area is 159 Å². The lowest BCUT2D eigenvalue weighted by atomic mass is 10.2. The number of imidazole rings is 1. The van der Waals surface area contributed by atoms with E-state index in [1.807, 2.05) is 18.3 Å². The van der Waals surface area contributed by atoms with E-state index in [0.29, 0.717) is 6.04 Å². The predicted octanol–water partition coefficient (Wildman–Crippen LogP) is 3.91. The average molecular weight is 369 g/mol. The topological polar surface area (TPSA) is 32.6 Å². The SMILES string of the molecule is CCc1nc2ccc(Cl)cn2c1CNC1CCN(Cc2ccccc2)C1. The second-order valence-electron chi connectivity index (χ2n) is 7.02. The molecule has 0 bridgehead atoms. The van der Waals surface area contributed by atoms with Gasteiger partial charge in [0.2, 0.25) is 0 Å². The molecule has 1 atom stereocenters. The van der Waals surface area contributed by atoms with E-state index < -0.39 is 0 Å². The molecule has 0 radical (unpaired) electrons. The van der Waals surface area contributed by atoms with Gasteiger partial charge in [0.15, 0.2) is 0 Å². The van der Waals surface area contributed by atoms with E-state index in [1.54, 1.807) is 0 Å². The molecule has 0 saturated carbocycles. The molecule has 4 rings (SSSR count). The lowest BCUT2D eigenvalue weighted by Crippen LogP contribution is -2.32. The van der Waals surface area contributed by atoms with Crippen molar-refractivity contribution < 1.29 is 0 Å². The predicted molar refractivity (Wildman–Crippen MR) is 107 cm³/mol. The van der Waals surface area contributed by atoms with Crippen molar-refractivity contribution >= 4 is 17.2 Å². The maximum atomic E-state index is 6.19. The zero-order chi connectivity index (χ0) is 17.9. The number of fused-ring (bicyclic) bond motifs is 1. The third-order valence-corrected chi connectivity index (χ3v) is 5.40. The summed E-state index contributed by atoms with van der Waals surface area (Å²) in [6.45, 7) is 6.25. The van der Waals surface area contributed by atoms with Gasteiger partial charge in [0.05, 0.1) is 16.4 Å². The molecule has 1 aliphatic heterocycles. The smallest absolute Gasteiger partial charge is 0.137 e. The van der Waals surface area contributed by atoms with Crippen molar-refractivity contribution in [3.63, 3.8) is 0 Å². The Morgan fingerprint density at radius 3 is 2.85 bits per heavy atom. The normalized spacial score (nSPS) is 18.0. The van der Waals surface area contributed by atoms with Gasteiger partial charge in [0, 0.05) is 38.4 Å². The zero-order valence-electron chi connectivity index (χ0n) is 15.2. The summed E-state index contributed by atoms with van der Waals surface area (Å²) >= 11 is 6.19. The zero-order valence-corrected chi connectivity index (χ0v) is 15.9. The van der Waals surface area contributed by atoms with Crippen LogP contribution >= 0.6 is 11.6 Å². The minimum Gasteiger partial charge on any atom is -0.307 e. The van der Waals surface area contributed by atoms with Gasteiger partial charge in [-0.05, 0) is 30.5 Å². The van der Waals surface area contributed by atoms with Gasteiger partial charge in [-0.2, -0.15) is 0 Å². The molecule has 1 aromatic carbocycles. The molecule has 0 amide bonds. The number of likely N-dealkylation sites (tertiary alicyclic amines) is 1. The van der Waals surface area contributed by atoms with E-state index in [1.165, 1.54) is 17.7 Å². The van der Waals surface area contributed by atoms with E-state index in [-0.39, 0.29) is 0 Å². The van der Waals surface area contributed by atoms with Crippen molar-refractivity contribution in [2.75, 3.05) is 13.1 Å². The van der Waals surface area contributed by atoms with E-state index in [4.69, 9.17) is 16.6 Å².